The van der Waals surface area contributed by atoms with E-state index in [1.165, 1.54) is 0 Å². The molecule has 16 heavy (non-hydrogen) atoms. The average Bonchev–Trinajstić information content (AvgIpc) is 2.21. The van der Waals surface area contributed by atoms with Gasteiger partial charge < -0.3 is 21.1 Å². The van der Waals surface area contributed by atoms with E-state index in [-0.39, 0.29) is 24.2 Å². The molecular weight excluding hydrogens is 217 g/mol. The van der Waals surface area contributed by atoms with Gasteiger partial charge in [-0.15, -0.1) is 0 Å². The van der Waals surface area contributed by atoms with Crippen molar-refractivity contribution >= 4 is 5.97 Å². The molecule has 0 saturated heterocycles. The highest BCUT2D eigenvalue weighted by molar-refractivity contribution is 5.88. The molecule has 0 aromatic heterocycles. The third-order valence-corrected chi connectivity index (χ3v) is 2.18. The van der Waals surface area contributed by atoms with Crippen LogP contribution in [0.15, 0.2) is 12.1 Å². The highest BCUT2D eigenvalue weighted by atomic mass is 19.1. The van der Waals surface area contributed by atoms with Crippen molar-refractivity contribution in [3.63, 3.8) is 0 Å². The zero-order valence-electron chi connectivity index (χ0n) is 8.35. The lowest BCUT2D eigenvalue weighted by Gasteiger charge is -2.13. The number of phenolic OH excluding ortho intramolecular Hbond substituents is 1. The maximum absolute atomic E-state index is 13.2. The van der Waals surface area contributed by atoms with Gasteiger partial charge in [0.2, 0.25) is 0 Å². The molecule has 5 nitrogen and oxygen atoms in total. The van der Waals surface area contributed by atoms with Crippen LogP contribution < -0.4 is 5.73 Å². The minimum Gasteiger partial charge on any atom is -0.505 e. The quantitative estimate of drug-likeness (QED) is 0.605. The Balaban J connectivity index is 3.21. The van der Waals surface area contributed by atoms with Gasteiger partial charge >= 0.3 is 5.97 Å². The molecule has 6 heteroatoms. The molecule has 0 aliphatic carbocycles. The van der Waals surface area contributed by atoms with Gasteiger partial charge in [0.15, 0.2) is 11.6 Å². The molecule has 1 aromatic carbocycles. The van der Waals surface area contributed by atoms with Gasteiger partial charge in [-0.05, 0) is 18.6 Å². The van der Waals surface area contributed by atoms with Gasteiger partial charge in [-0.1, -0.05) is 0 Å². The Morgan fingerprint density at radius 3 is 2.62 bits per heavy atom. The number of hydrogen-bond acceptors (Lipinski definition) is 4. The second-order valence-corrected chi connectivity index (χ2v) is 3.32. The van der Waals surface area contributed by atoms with Crippen molar-refractivity contribution in [2.24, 2.45) is 5.73 Å². The Hall–Kier alpha value is -1.66. The lowest BCUT2D eigenvalue weighted by molar-refractivity contribution is 0.0696. The van der Waals surface area contributed by atoms with Crippen molar-refractivity contribution < 1.29 is 24.5 Å². The Morgan fingerprint density at radius 1 is 1.50 bits per heavy atom. The summed E-state index contributed by atoms with van der Waals surface area (Å²) < 4.78 is 13.2. The Morgan fingerprint density at radius 2 is 2.12 bits per heavy atom. The van der Waals surface area contributed by atoms with Gasteiger partial charge in [0.05, 0.1) is 5.56 Å². The molecule has 0 amide bonds. The van der Waals surface area contributed by atoms with Crippen LogP contribution in [-0.2, 0) is 0 Å². The number of hydrogen-bond donors (Lipinski definition) is 4. The number of aromatic hydroxyl groups is 1. The van der Waals surface area contributed by atoms with E-state index in [0.29, 0.717) is 6.07 Å². The number of phenols is 1. The van der Waals surface area contributed by atoms with Gasteiger partial charge in [0.25, 0.3) is 0 Å². The smallest absolute Gasteiger partial charge is 0.335 e. The molecule has 0 aliphatic rings. The molecule has 0 saturated carbocycles. The van der Waals surface area contributed by atoms with Crippen molar-refractivity contribution in [3.05, 3.63) is 29.1 Å². The van der Waals surface area contributed by atoms with Crippen molar-refractivity contribution in [3.8, 4) is 5.75 Å². The topological polar surface area (TPSA) is 104 Å². The minimum atomic E-state index is -1.31. The van der Waals surface area contributed by atoms with Crippen LogP contribution >= 0.6 is 0 Å². The summed E-state index contributed by atoms with van der Waals surface area (Å²) in [7, 11) is 0. The standard InChI is InChI=1S/C10H12FNO4/c11-7-4-5(10(15)16)3-6(9(7)14)8(12)1-2-13/h3-4,8,13-14H,1-2,12H2,(H,15,16)/t8-/m1/s1. The molecule has 0 heterocycles. The Labute approximate surface area is 90.9 Å². The molecule has 0 aliphatic heterocycles. The molecule has 5 N–H and O–H groups in total. The summed E-state index contributed by atoms with van der Waals surface area (Å²) >= 11 is 0. The highest BCUT2D eigenvalue weighted by Gasteiger charge is 2.18. The zero-order chi connectivity index (χ0) is 12.3. The average molecular weight is 229 g/mol. The van der Waals surface area contributed by atoms with Crippen LogP contribution in [0.25, 0.3) is 0 Å². The first kappa shape index (κ1) is 12.4. The summed E-state index contributed by atoms with van der Waals surface area (Å²) in [6.45, 7) is -0.237. The molecule has 0 unspecified atom stereocenters. The molecule has 1 atom stereocenters. The van der Waals surface area contributed by atoms with E-state index >= 15 is 0 Å². The predicted molar refractivity (Wildman–Crippen MR) is 53.7 cm³/mol. The highest BCUT2D eigenvalue weighted by Crippen LogP contribution is 2.28. The van der Waals surface area contributed by atoms with Gasteiger partial charge in [0, 0.05) is 18.2 Å². The largest absolute Gasteiger partial charge is 0.505 e. The minimum absolute atomic E-state index is 0.0218. The molecule has 0 fully saturated rings. The Bertz CT molecular complexity index is 408. The number of benzene rings is 1. The fraction of sp³-hybridized carbons (Fsp3) is 0.300. The second kappa shape index (κ2) is 4.91. The summed E-state index contributed by atoms with van der Waals surface area (Å²) in [5.41, 5.74) is 5.25. The molecule has 88 valence electrons. The number of rotatable bonds is 4. The number of aromatic carboxylic acids is 1. The van der Waals surface area contributed by atoms with Crippen LogP contribution in [0.2, 0.25) is 0 Å². The summed E-state index contributed by atoms with van der Waals surface area (Å²) in [5, 5.41) is 26.7. The molecule has 0 radical (unpaired) electrons. The van der Waals surface area contributed by atoms with Gasteiger partial charge in [-0.3, -0.25) is 0 Å². The van der Waals surface area contributed by atoms with E-state index in [2.05, 4.69) is 0 Å². The number of carboxylic acids is 1. The Kier molecular flexibility index (Phi) is 3.81. The maximum atomic E-state index is 13.2. The van der Waals surface area contributed by atoms with Crippen molar-refractivity contribution in [2.45, 2.75) is 12.5 Å². The van der Waals surface area contributed by atoms with Crippen LogP contribution in [0.4, 0.5) is 4.39 Å². The first-order valence-electron chi connectivity index (χ1n) is 4.59. The molecule has 1 aromatic rings. The van der Waals surface area contributed by atoms with E-state index in [0.717, 1.165) is 6.07 Å². The number of aliphatic hydroxyl groups is 1. The summed E-state index contributed by atoms with van der Waals surface area (Å²) in [6, 6.07) is 1.01. The van der Waals surface area contributed by atoms with Gasteiger partial charge in [0.1, 0.15) is 0 Å². The number of halogens is 1. The van der Waals surface area contributed by atoms with E-state index in [4.69, 9.17) is 15.9 Å². The fourth-order valence-electron chi connectivity index (χ4n) is 1.32. The van der Waals surface area contributed by atoms with E-state index < -0.39 is 23.6 Å². The number of carbonyl (C=O) groups is 1. The summed E-state index contributed by atoms with van der Waals surface area (Å²) in [6.07, 6.45) is 0.107. The lowest BCUT2D eigenvalue weighted by Crippen LogP contribution is -2.13. The molecule has 1 rings (SSSR count). The summed E-state index contributed by atoms with van der Waals surface area (Å²) in [4.78, 5) is 10.7. The van der Waals surface area contributed by atoms with E-state index in [1.807, 2.05) is 0 Å². The van der Waals surface area contributed by atoms with E-state index in [9.17, 15) is 14.3 Å². The van der Waals surface area contributed by atoms with Crippen molar-refractivity contribution in [1.82, 2.24) is 0 Å². The molecule has 0 spiro atoms. The fourth-order valence-corrected chi connectivity index (χ4v) is 1.32. The van der Waals surface area contributed by atoms with Gasteiger partial charge in [-0.25, -0.2) is 9.18 Å². The normalized spacial score (nSPS) is 12.4. The third kappa shape index (κ3) is 2.47. The third-order valence-electron chi connectivity index (χ3n) is 2.18. The van der Waals surface area contributed by atoms with Crippen LogP contribution in [-0.4, -0.2) is 27.9 Å². The number of nitrogens with two attached hydrogens (primary N) is 1. The molecule has 0 bridgehead atoms. The first-order valence-corrected chi connectivity index (χ1v) is 4.59. The lowest BCUT2D eigenvalue weighted by atomic mass is 10.0. The van der Waals surface area contributed by atoms with Crippen molar-refractivity contribution in [2.75, 3.05) is 6.61 Å². The monoisotopic (exact) mass is 229 g/mol. The summed E-state index contributed by atoms with van der Waals surface area (Å²) in [5.74, 6) is -3.02. The van der Waals surface area contributed by atoms with Crippen LogP contribution in [0.3, 0.4) is 0 Å². The van der Waals surface area contributed by atoms with Gasteiger partial charge in [-0.2, -0.15) is 0 Å². The second-order valence-electron chi connectivity index (χ2n) is 3.32. The zero-order valence-corrected chi connectivity index (χ0v) is 8.35. The number of aliphatic hydroxyl groups excluding tert-OH is 1. The van der Waals surface area contributed by atoms with Crippen LogP contribution in [0.1, 0.15) is 28.4 Å². The van der Waals surface area contributed by atoms with Crippen molar-refractivity contribution in [1.29, 1.82) is 0 Å². The van der Waals surface area contributed by atoms with Crippen LogP contribution in [0, 0.1) is 5.82 Å². The molecular formula is C10H12FNO4. The van der Waals surface area contributed by atoms with E-state index in [1.54, 1.807) is 0 Å². The maximum Gasteiger partial charge on any atom is 0.335 e. The first-order chi connectivity index (χ1) is 7.47. The van der Waals surface area contributed by atoms with Crippen LogP contribution in [0.5, 0.6) is 5.75 Å². The predicted octanol–water partition coefficient (Wildman–Crippen LogP) is 0.612. The number of carboxylic acid groups (broad SMARTS) is 1. The SMILES string of the molecule is N[C@H](CCO)c1cc(C(=O)O)cc(F)c1O.